The zero-order valence-corrected chi connectivity index (χ0v) is 17.7. The van der Waals surface area contributed by atoms with Crippen LogP contribution in [0, 0.1) is 10.1 Å². The van der Waals surface area contributed by atoms with Gasteiger partial charge in [0.05, 0.1) is 20.9 Å². The lowest BCUT2D eigenvalue weighted by molar-refractivity contribution is -0.384. The Kier molecular flexibility index (Phi) is 5.54. The molecule has 11 nitrogen and oxygen atoms in total. The van der Waals surface area contributed by atoms with E-state index in [-0.39, 0.29) is 16.8 Å². The third-order valence-electron chi connectivity index (χ3n) is 4.98. The largest absolute Gasteiger partial charge is 0.359 e. The second-order valence-electron chi connectivity index (χ2n) is 7.10. The zero-order chi connectivity index (χ0) is 23.8. The van der Waals surface area contributed by atoms with Crippen LogP contribution in [-0.2, 0) is 10.0 Å². The summed E-state index contributed by atoms with van der Waals surface area (Å²) < 4.78 is 23.8. The highest BCUT2D eigenvalue weighted by Crippen LogP contribution is 2.33. The van der Waals surface area contributed by atoms with Crippen LogP contribution in [0.3, 0.4) is 0 Å². The van der Waals surface area contributed by atoms with Crippen LogP contribution in [0.1, 0.15) is 32.4 Å². The predicted molar refractivity (Wildman–Crippen MR) is 117 cm³/mol. The summed E-state index contributed by atoms with van der Waals surface area (Å²) in [4.78, 5) is 36.5. The van der Waals surface area contributed by atoms with E-state index in [1.165, 1.54) is 42.5 Å². The van der Waals surface area contributed by atoms with E-state index in [1.54, 1.807) is 30.3 Å². The zero-order valence-electron chi connectivity index (χ0n) is 16.8. The van der Waals surface area contributed by atoms with Crippen LogP contribution < -0.4 is 15.9 Å². The molecule has 0 saturated heterocycles. The Bertz CT molecular complexity index is 1390. The number of hydrazine groups is 1. The van der Waals surface area contributed by atoms with Crippen LogP contribution in [-0.4, -0.2) is 30.2 Å². The van der Waals surface area contributed by atoms with Crippen LogP contribution >= 0.6 is 0 Å². The molecule has 12 heteroatoms. The molecule has 0 aliphatic carbocycles. The first-order valence-corrected chi connectivity index (χ1v) is 11.1. The Labute approximate surface area is 188 Å². The SMILES string of the molecule is NS(=O)(=O)c1ccccc1C(=O)NN1C(=O)c2ccccc2NC1c1cccc([N+](=O)[O-])c1. The number of nitro groups is 1. The van der Waals surface area contributed by atoms with Crippen molar-refractivity contribution in [1.82, 2.24) is 10.4 Å². The molecule has 0 radical (unpaired) electrons. The maximum absolute atomic E-state index is 13.3. The van der Waals surface area contributed by atoms with Gasteiger partial charge in [-0.3, -0.25) is 25.1 Å². The molecule has 3 aromatic carbocycles. The van der Waals surface area contributed by atoms with Gasteiger partial charge in [-0.2, -0.15) is 0 Å². The van der Waals surface area contributed by atoms with Gasteiger partial charge < -0.3 is 5.32 Å². The molecule has 1 atom stereocenters. The number of hydrogen-bond acceptors (Lipinski definition) is 7. The van der Waals surface area contributed by atoms with Gasteiger partial charge in [-0.05, 0) is 24.3 Å². The van der Waals surface area contributed by atoms with Crippen molar-refractivity contribution in [3.8, 4) is 0 Å². The number of nitrogens with two attached hydrogens (primary N) is 1. The molecule has 0 bridgehead atoms. The van der Waals surface area contributed by atoms with E-state index in [9.17, 15) is 28.1 Å². The summed E-state index contributed by atoms with van der Waals surface area (Å²) >= 11 is 0. The molecule has 4 N–H and O–H groups in total. The highest BCUT2D eigenvalue weighted by molar-refractivity contribution is 7.89. The van der Waals surface area contributed by atoms with Crippen LogP contribution in [0.25, 0.3) is 0 Å². The van der Waals surface area contributed by atoms with Crippen LogP contribution in [0.4, 0.5) is 11.4 Å². The number of rotatable bonds is 5. The number of hydrogen-bond donors (Lipinski definition) is 3. The molecule has 33 heavy (non-hydrogen) atoms. The number of nitro benzene ring substituents is 1. The van der Waals surface area contributed by atoms with Crippen molar-refractivity contribution in [2.45, 2.75) is 11.1 Å². The van der Waals surface area contributed by atoms with E-state index < -0.39 is 37.8 Å². The average molecular weight is 467 g/mol. The summed E-state index contributed by atoms with van der Waals surface area (Å²) in [6.07, 6.45) is -1.02. The Balaban J connectivity index is 1.77. The summed E-state index contributed by atoms with van der Waals surface area (Å²) in [5.41, 5.74) is 3.01. The average Bonchev–Trinajstić information content (AvgIpc) is 2.80. The van der Waals surface area contributed by atoms with Crippen molar-refractivity contribution in [2.24, 2.45) is 5.14 Å². The van der Waals surface area contributed by atoms with Gasteiger partial charge in [-0.25, -0.2) is 18.6 Å². The number of carbonyl (C=O) groups is 2. The molecule has 0 spiro atoms. The molecule has 1 unspecified atom stereocenters. The van der Waals surface area contributed by atoms with Crippen molar-refractivity contribution >= 4 is 33.2 Å². The number of carbonyl (C=O) groups excluding carboxylic acids is 2. The van der Waals surface area contributed by atoms with Gasteiger partial charge in [-0.1, -0.05) is 36.4 Å². The lowest BCUT2D eigenvalue weighted by Gasteiger charge is -2.37. The van der Waals surface area contributed by atoms with E-state index in [2.05, 4.69) is 10.7 Å². The highest BCUT2D eigenvalue weighted by atomic mass is 32.2. The van der Waals surface area contributed by atoms with Gasteiger partial charge in [-0.15, -0.1) is 0 Å². The molecule has 0 aromatic heterocycles. The van der Waals surface area contributed by atoms with E-state index in [0.29, 0.717) is 11.3 Å². The van der Waals surface area contributed by atoms with Gasteiger partial charge >= 0.3 is 0 Å². The van der Waals surface area contributed by atoms with Gasteiger partial charge in [0.25, 0.3) is 17.5 Å². The molecule has 3 aromatic rings. The first-order chi connectivity index (χ1) is 15.7. The van der Waals surface area contributed by atoms with Crippen molar-refractivity contribution in [3.63, 3.8) is 0 Å². The Hall–Kier alpha value is -4.29. The Morgan fingerprint density at radius 1 is 1.06 bits per heavy atom. The smallest absolute Gasteiger partial charge is 0.276 e. The summed E-state index contributed by atoms with van der Waals surface area (Å²) in [5, 5.41) is 20.5. The minimum atomic E-state index is -4.22. The second kappa shape index (κ2) is 8.33. The minimum absolute atomic E-state index is 0.202. The van der Waals surface area contributed by atoms with E-state index in [1.807, 2.05) is 0 Å². The predicted octanol–water partition coefficient (Wildman–Crippen LogP) is 2.15. The molecular weight excluding hydrogens is 450 g/mol. The molecular formula is C21H17N5O6S. The third kappa shape index (κ3) is 4.24. The van der Waals surface area contributed by atoms with Crippen molar-refractivity contribution < 1.29 is 22.9 Å². The second-order valence-corrected chi connectivity index (χ2v) is 8.63. The molecule has 168 valence electrons. The van der Waals surface area contributed by atoms with Crippen molar-refractivity contribution in [2.75, 3.05) is 5.32 Å². The number of sulfonamides is 1. The van der Waals surface area contributed by atoms with Gasteiger partial charge in [0.1, 0.15) is 6.17 Å². The van der Waals surface area contributed by atoms with E-state index >= 15 is 0 Å². The fourth-order valence-electron chi connectivity index (χ4n) is 3.48. The number of non-ortho nitro benzene ring substituents is 1. The molecule has 1 aliphatic heterocycles. The molecule has 0 fully saturated rings. The monoisotopic (exact) mass is 467 g/mol. The number of nitrogens with zero attached hydrogens (tertiary/aromatic N) is 2. The lowest BCUT2D eigenvalue weighted by Crippen LogP contribution is -2.53. The highest BCUT2D eigenvalue weighted by Gasteiger charge is 2.35. The Morgan fingerprint density at radius 2 is 1.76 bits per heavy atom. The third-order valence-corrected chi connectivity index (χ3v) is 5.95. The van der Waals surface area contributed by atoms with E-state index in [0.717, 1.165) is 5.01 Å². The fraction of sp³-hybridized carbons (Fsp3) is 0.0476. The summed E-state index contributed by atoms with van der Waals surface area (Å²) in [6.45, 7) is 0. The number of primary sulfonamides is 1. The van der Waals surface area contributed by atoms with Gasteiger partial charge in [0, 0.05) is 23.4 Å². The number of anilines is 1. The first kappa shape index (κ1) is 21.9. The molecule has 1 aliphatic rings. The number of nitrogens with one attached hydrogen (secondary N) is 2. The molecule has 2 amide bonds. The molecule has 1 heterocycles. The van der Waals surface area contributed by atoms with Crippen molar-refractivity contribution in [3.05, 3.63) is 99.6 Å². The van der Waals surface area contributed by atoms with Crippen LogP contribution in [0.5, 0.6) is 0 Å². The molecule has 0 saturated carbocycles. The summed E-state index contributed by atoms with van der Waals surface area (Å²) in [5.74, 6) is -1.49. The van der Waals surface area contributed by atoms with E-state index in [4.69, 9.17) is 5.14 Å². The van der Waals surface area contributed by atoms with Crippen molar-refractivity contribution in [1.29, 1.82) is 0 Å². The van der Waals surface area contributed by atoms with Crippen LogP contribution in [0.15, 0.2) is 77.7 Å². The maximum atomic E-state index is 13.3. The number of para-hydroxylation sites is 1. The standard InChI is InChI=1S/C21H17N5O6S/c22-33(31,32)18-11-4-2-9-16(18)20(27)24-25-19(13-6-5-7-14(12-13)26(29)30)23-17-10-3-1-8-15(17)21(25)28/h1-12,19,23H,(H,24,27)(H2,22,31,32). The van der Waals surface area contributed by atoms with Gasteiger partial charge in [0.2, 0.25) is 10.0 Å². The molecule has 4 rings (SSSR count). The maximum Gasteiger partial charge on any atom is 0.276 e. The number of amides is 2. The fourth-order valence-corrected chi connectivity index (χ4v) is 4.22. The minimum Gasteiger partial charge on any atom is -0.359 e. The number of benzene rings is 3. The topological polar surface area (TPSA) is 165 Å². The van der Waals surface area contributed by atoms with Crippen LogP contribution in [0.2, 0.25) is 0 Å². The summed E-state index contributed by atoms with van der Waals surface area (Å²) in [7, 11) is -4.22. The first-order valence-electron chi connectivity index (χ1n) is 9.53. The lowest BCUT2D eigenvalue weighted by atomic mass is 10.0. The quantitative estimate of drug-likeness (QED) is 0.382. The number of fused-ring (bicyclic) bond motifs is 1. The Morgan fingerprint density at radius 3 is 2.48 bits per heavy atom. The van der Waals surface area contributed by atoms with Gasteiger partial charge in [0.15, 0.2) is 0 Å². The summed E-state index contributed by atoms with van der Waals surface area (Å²) in [6, 6.07) is 17.4. The normalized spacial score (nSPS) is 15.4.